The molecule has 106 valence electrons. The number of benzene rings is 1. The van der Waals surface area contributed by atoms with E-state index >= 15 is 0 Å². The Morgan fingerprint density at radius 1 is 1.40 bits per heavy atom. The zero-order chi connectivity index (χ0) is 13.9. The molecule has 1 aliphatic carbocycles. The molecule has 1 aliphatic rings. The molecule has 4 heteroatoms. The summed E-state index contributed by atoms with van der Waals surface area (Å²) in [5.41, 5.74) is 1.49. The van der Waals surface area contributed by atoms with Crippen LogP contribution < -0.4 is 5.32 Å². The van der Waals surface area contributed by atoms with Gasteiger partial charge in [-0.05, 0) is 44.9 Å². The van der Waals surface area contributed by atoms with Crippen LogP contribution in [-0.2, 0) is 6.42 Å². The highest BCUT2D eigenvalue weighted by Crippen LogP contribution is 2.25. The standard InChI is InChI=1S/C16H19FN2O/c1-11-4-7-14(17)13(9-11)15-10-19-16(20-15)3-2-8-18-12-5-6-12/h4,7,9-10,12,18H,2-3,5-6,8H2,1H3. The quantitative estimate of drug-likeness (QED) is 0.820. The van der Waals surface area contributed by atoms with Crippen molar-refractivity contribution >= 4 is 0 Å². The lowest BCUT2D eigenvalue weighted by atomic mass is 10.1. The summed E-state index contributed by atoms with van der Waals surface area (Å²) in [5, 5.41) is 3.45. The van der Waals surface area contributed by atoms with Crippen LogP contribution in [0, 0.1) is 12.7 Å². The van der Waals surface area contributed by atoms with Crippen molar-refractivity contribution in [3.8, 4) is 11.3 Å². The van der Waals surface area contributed by atoms with Crippen LogP contribution in [0.4, 0.5) is 4.39 Å². The van der Waals surface area contributed by atoms with Crippen LogP contribution in [0.5, 0.6) is 0 Å². The van der Waals surface area contributed by atoms with Crippen LogP contribution in [0.15, 0.2) is 28.8 Å². The van der Waals surface area contributed by atoms with E-state index in [0.717, 1.165) is 31.0 Å². The summed E-state index contributed by atoms with van der Waals surface area (Å²) in [7, 11) is 0. The zero-order valence-corrected chi connectivity index (χ0v) is 11.7. The third kappa shape index (κ3) is 3.25. The monoisotopic (exact) mass is 274 g/mol. The van der Waals surface area contributed by atoms with E-state index in [0.29, 0.717) is 17.2 Å². The van der Waals surface area contributed by atoms with Crippen molar-refractivity contribution in [2.45, 2.75) is 38.6 Å². The molecule has 20 heavy (non-hydrogen) atoms. The van der Waals surface area contributed by atoms with Crippen molar-refractivity contribution in [3.05, 3.63) is 41.7 Å². The second kappa shape index (κ2) is 5.75. The van der Waals surface area contributed by atoms with E-state index in [9.17, 15) is 4.39 Å². The predicted octanol–water partition coefficient (Wildman–Crippen LogP) is 3.47. The maximum Gasteiger partial charge on any atom is 0.194 e. The van der Waals surface area contributed by atoms with Gasteiger partial charge in [0, 0.05) is 12.5 Å². The molecular weight excluding hydrogens is 255 g/mol. The van der Waals surface area contributed by atoms with Gasteiger partial charge in [0.1, 0.15) is 5.82 Å². The highest BCUT2D eigenvalue weighted by molar-refractivity contribution is 5.58. The average Bonchev–Trinajstić information content (AvgIpc) is 3.15. The molecule has 0 bridgehead atoms. The molecule has 0 amide bonds. The molecule has 1 fully saturated rings. The molecule has 1 aromatic carbocycles. The molecule has 1 saturated carbocycles. The molecule has 0 unspecified atom stereocenters. The van der Waals surface area contributed by atoms with Crippen molar-refractivity contribution < 1.29 is 8.81 Å². The number of rotatable bonds is 6. The van der Waals surface area contributed by atoms with E-state index < -0.39 is 0 Å². The fraction of sp³-hybridized carbons (Fsp3) is 0.438. The van der Waals surface area contributed by atoms with E-state index in [1.165, 1.54) is 18.9 Å². The lowest BCUT2D eigenvalue weighted by Crippen LogP contribution is -2.17. The van der Waals surface area contributed by atoms with Crippen molar-refractivity contribution in [2.24, 2.45) is 0 Å². The number of nitrogens with zero attached hydrogens (tertiary/aromatic N) is 1. The van der Waals surface area contributed by atoms with Gasteiger partial charge < -0.3 is 9.73 Å². The van der Waals surface area contributed by atoms with Crippen LogP contribution in [0.2, 0.25) is 0 Å². The summed E-state index contributed by atoms with van der Waals surface area (Å²) < 4.78 is 19.4. The van der Waals surface area contributed by atoms with Gasteiger partial charge >= 0.3 is 0 Å². The van der Waals surface area contributed by atoms with Gasteiger partial charge in [0.25, 0.3) is 0 Å². The van der Waals surface area contributed by atoms with Gasteiger partial charge in [0.15, 0.2) is 11.7 Å². The molecule has 1 N–H and O–H groups in total. The molecular formula is C16H19FN2O. The van der Waals surface area contributed by atoms with Crippen molar-refractivity contribution in [3.63, 3.8) is 0 Å². The van der Waals surface area contributed by atoms with Crippen LogP contribution in [0.1, 0.15) is 30.7 Å². The van der Waals surface area contributed by atoms with E-state index in [2.05, 4.69) is 10.3 Å². The minimum absolute atomic E-state index is 0.270. The lowest BCUT2D eigenvalue weighted by molar-refractivity contribution is 0.488. The first-order valence-electron chi connectivity index (χ1n) is 7.17. The minimum Gasteiger partial charge on any atom is -0.441 e. The topological polar surface area (TPSA) is 38.1 Å². The smallest absolute Gasteiger partial charge is 0.194 e. The Kier molecular flexibility index (Phi) is 3.83. The third-order valence-electron chi connectivity index (χ3n) is 3.52. The fourth-order valence-corrected chi connectivity index (χ4v) is 2.21. The maximum atomic E-state index is 13.8. The third-order valence-corrected chi connectivity index (χ3v) is 3.52. The van der Waals surface area contributed by atoms with Gasteiger partial charge in [-0.15, -0.1) is 0 Å². The van der Waals surface area contributed by atoms with Crippen LogP contribution in [-0.4, -0.2) is 17.6 Å². The summed E-state index contributed by atoms with van der Waals surface area (Å²) in [6, 6.07) is 5.73. The van der Waals surface area contributed by atoms with Gasteiger partial charge in [0.05, 0.1) is 11.8 Å². The van der Waals surface area contributed by atoms with E-state index in [1.54, 1.807) is 18.3 Å². The Morgan fingerprint density at radius 2 is 2.25 bits per heavy atom. The largest absolute Gasteiger partial charge is 0.441 e. The highest BCUT2D eigenvalue weighted by Gasteiger charge is 2.19. The lowest BCUT2D eigenvalue weighted by Gasteiger charge is -2.01. The van der Waals surface area contributed by atoms with Gasteiger partial charge in [-0.2, -0.15) is 0 Å². The minimum atomic E-state index is -0.270. The Labute approximate surface area is 118 Å². The molecule has 3 rings (SSSR count). The molecule has 0 saturated heterocycles. The average molecular weight is 274 g/mol. The number of hydrogen-bond donors (Lipinski definition) is 1. The SMILES string of the molecule is Cc1ccc(F)c(-c2cnc(CCCNC3CC3)o2)c1. The fourth-order valence-electron chi connectivity index (χ4n) is 2.21. The number of nitrogens with one attached hydrogen (secondary N) is 1. The van der Waals surface area contributed by atoms with Crippen LogP contribution in [0.3, 0.4) is 0 Å². The van der Waals surface area contributed by atoms with Crippen molar-refractivity contribution in [2.75, 3.05) is 6.54 Å². The van der Waals surface area contributed by atoms with Gasteiger partial charge in [-0.1, -0.05) is 11.6 Å². The van der Waals surface area contributed by atoms with Crippen LogP contribution in [0.25, 0.3) is 11.3 Å². The number of aromatic nitrogens is 1. The predicted molar refractivity (Wildman–Crippen MR) is 76.0 cm³/mol. The molecule has 0 aliphatic heterocycles. The second-order valence-corrected chi connectivity index (χ2v) is 5.43. The van der Waals surface area contributed by atoms with Gasteiger partial charge in [0.2, 0.25) is 0 Å². The van der Waals surface area contributed by atoms with E-state index in [-0.39, 0.29) is 5.82 Å². The second-order valence-electron chi connectivity index (χ2n) is 5.43. The highest BCUT2D eigenvalue weighted by atomic mass is 19.1. The molecule has 1 heterocycles. The Bertz CT molecular complexity index is 590. The molecule has 0 atom stereocenters. The van der Waals surface area contributed by atoms with Gasteiger partial charge in [-0.25, -0.2) is 9.37 Å². The zero-order valence-electron chi connectivity index (χ0n) is 11.7. The Hall–Kier alpha value is -1.68. The normalized spacial score (nSPS) is 14.7. The first-order valence-corrected chi connectivity index (χ1v) is 7.17. The molecule has 3 nitrogen and oxygen atoms in total. The molecule has 0 spiro atoms. The maximum absolute atomic E-state index is 13.8. The molecule has 2 aromatic rings. The van der Waals surface area contributed by atoms with Gasteiger partial charge in [-0.3, -0.25) is 0 Å². The number of oxazole rings is 1. The van der Waals surface area contributed by atoms with Crippen LogP contribution >= 0.6 is 0 Å². The molecule has 1 aromatic heterocycles. The number of hydrogen-bond acceptors (Lipinski definition) is 3. The van der Waals surface area contributed by atoms with E-state index in [4.69, 9.17) is 4.42 Å². The Balaban J connectivity index is 1.61. The summed E-state index contributed by atoms with van der Waals surface area (Å²) >= 11 is 0. The van der Waals surface area contributed by atoms with Crippen molar-refractivity contribution in [1.82, 2.24) is 10.3 Å². The summed E-state index contributed by atoms with van der Waals surface area (Å²) in [6.45, 7) is 2.92. The first kappa shape index (κ1) is 13.3. The Morgan fingerprint density at radius 3 is 3.05 bits per heavy atom. The number of aryl methyl sites for hydroxylation is 2. The molecule has 0 radical (unpaired) electrons. The number of halogens is 1. The van der Waals surface area contributed by atoms with Crippen molar-refractivity contribution in [1.29, 1.82) is 0 Å². The van der Waals surface area contributed by atoms with E-state index in [1.807, 2.05) is 6.92 Å². The summed E-state index contributed by atoms with van der Waals surface area (Å²) in [4.78, 5) is 4.23. The first-order chi connectivity index (χ1) is 9.72. The summed E-state index contributed by atoms with van der Waals surface area (Å²) in [6.07, 6.45) is 5.99. The summed E-state index contributed by atoms with van der Waals surface area (Å²) in [5.74, 6) is 0.920.